The minimum absolute atomic E-state index is 0.126. The summed E-state index contributed by atoms with van der Waals surface area (Å²) in [5, 5.41) is 5.24. The van der Waals surface area contributed by atoms with Crippen LogP contribution < -0.4 is 10.6 Å². The lowest BCUT2D eigenvalue weighted by Crippen LogP contribution is -2.38. The second kappa shape index (κ2) is 8.08. The molecule has 0 saturated carbocycles. The molecule has 0 aromatic heterocycles. The SMILES string of the molecule is CCCNC(=O)NCCOC(=O)C(C)C. The van der Waals surface area contributed by atoms with E-state index in [0.29, 0.717) is 13.1 Å². The highest BCUT2D eigenvalue weighted by atomic mass is 16.5. The summed E-state index contributed by atoms with van der Waals surface area (Å²) in [7, 11) is 0. The maximum absolute atomic E-state index is 11.0. The molecule has 0 saturated heterocycles. The van der Waals surface area contributed by atoms with Crippen molar-refractivity contribution >= 4 is 12.0 Å². The van der Waals surface area contributed by atoms with E-state index in [9.17, 15) is 9.59 Å². The van der Waals surface area contributed by atoms with Crippen molar-refractivity contribution in [3.63, 3.8) is 0 Å². The fraction of sp³-hybridized carbons (Fsp3) is 0.800. The molecule has 0 aromatic rings. The Morgan fingerprint density at radius 2 is 1.80 bits per heavy atom. The summed E-state index contributed by atoms with van der Waals surface area (Å²) in [6.07, 6.45) is 0.899. The molecule has 0 aliphatic carbocycles. The van der Waals surface area contributed by atoms with Crippen LogP contribution in [0.1, 0.15) is 27.2 Å². The number of amides is 2. The van der Waals surface area contributed by atoms with E-state index in [1.807, 2.05) is 6.92 Å². The molecule has 0 aliphatic rings. The van der Waals surface area contributed by atoms with Crippen LogP contribution in [0.3, 0.4) is 0 Å². The van der Waals surface area contributed by atoms with Crippen molar-refractivity contribution in [1.82, 2.24) is 10.6 Å². The van der Waals surface area contributed by atoms with Crippen LogP contribution in [0.4, 0.5) is 4.79 Å². The van der Waals surface area contributed by atoms with Crippen molar-refractivity contribution in [3.05, 3.63) is 0 Å². The third kappa shape index (κ3) is 7.78. The van der Waals surface area contributed by atoms with Gasteiger partial charge in [-0.3, -0.25) is 4.79 Å². The van der Waals surface area contributed by atoms with Crippen LogP contribution >= 0.6 is 0 Å². The highest BCUT2D eigenvalue weighted by Gasteiger charge is 2.07. The van der Waals surface area contributed by atoms with Gasteiger partial charge in [-0.2, -0.15) is 0 Å². The van der Waals surface area contributed by atoms with Crippen LogP contribution in [0, 0.1) is 5.92 Å². The van der Waals surface area contributed by atoms with Crippen LogP contribution in [-0.4, -0.2) is 31.7 Å². The highest BCUT2D eigenvalue weighted by molar-refractivity contribution is 5.74. The summed E-state index contributed by atoms with van der Waals surface area (Å²) in [6.45, 7) is 6.72. The third-order valence-electron chi connectivity index (χ3n) is 1.64. The van der Waals surface area contributed by atoms with Gasteiger partial charge in [0.2, 0.25) is 0 Å². The van der Waals surface area contributed by atoms with Crippen molar-refractivity contribution in [2.75, 3.05) is 19.7 Å². The van der Waals surface area contributed by atoms with Gasteiger partial charge in [-0.05, 0) is 6.42 Å². The van der Waals surface area contributed by atoms with E-state index >= 15 is 0 Å². The predicted octanol–water partition coefficient (Wildman–Crippen LogP) is 0.895. The average Bonchev–Trinajstić information content (AvgIpc) is 2.20. The highest BCUT2D eigenvalue weighted by Crippen LogP contribution is 1.94. The summed E-state index contributed by atoms with van der Waals surface area (Å²) in [5.74, 6) is -0.371. The maximum Gasteiger partial charge on any atom is 0.314 e. The van der Waals surface area contributed by atoms with Gasteiger partial charge >= 0.3 is 12.0 Å². The Bertz CT molecular complexity index is 205. The maximum atomic E-state index is 11.0. The van der Waals surface area contributed by atoms with Gasteiger partial charge in [0.1, 0.15) is 6.61 Å². The van der Waals surface area contributed by atoms with E-state index < -0.39 is 0 Å². The smallest absolute Gasteiger partial charge is 0.314 e. The van der Waals surface area contributed by atoms with Crippen LogP contribution in [0.15, 0.2) is 0 Å². The molecule has 88 valence electrons. The van der Waals surface area contributed by atoms with Crippen molar-refractivity contribution in [2.24, 2.45) is 5.92 Å². The number of carbonyl (C=O) groups excluding carboxylic acids is 2. The summed E-state index contributed by atoms with van der Waals surface area (Å²) in [4.78, 5) is 22.0. The molecule has 0 heterocycles. The van der Waals surface area contributed by atoms with E-state index in [-0.39, 0.29) is 24.5 Å². The molecule has 2 N–H and O–H groups in total. The number of hydrogen-bond acceptors (Lipinski definition) is 3. The van der Waals surface area contributed by atoms with Crippen LogP contribution in [-0.2, 0) is 9.53 Å². The Kier molecular flexibility index (Phi) is 7.40. The van der Waals surface area contributed by atoms with Gasteiger partial charge in [-0.25, -0.2) is 4.79 Å². The van der Waals surface area contributed by atoms with Crippen molar-refractivity contribution in [1.29, 1.82) is 0 Å². The van der Waals surface area contributed by atoms with Crippen LogP contribution in [0.5, 0.6) is 0 Å². The van der Waals surface area contributed by atoms with Gasteiger partial charge in [0.25, 0.3) is 0 Å². The van der Waals surface area contributed by atoms with Gasteiger partial charge in [0.15, 0.2) is 0 Å². The third-order valence-corrected chi connectivity index (χ3v) is 1.64. The van der Waals surface area contributed by atoms with Crippen LogP contribution in [0.2, 0.25) is 0 Å². The lowest BCUT2D eigenvalue weighted by molar-refractivity contribution is -0.147. The second-order valence-corrected chi connectivity index (χ2v) is 3.50. The topological polar surface area (TPSA) is 67.4 Å². The Morgan fingerprint density at radius 1 is 1.20 bits per heavy atom. The van der Waals surface area contributed by atoms with E-state index in [2.05, 4.69) is 10.6 Å². The predicted molar refractivity (Wildman–Crippen MR) is 57.5 cm³/mol. The van der Waals surface area contributed by atoms with E-state index in [1.54, 1.807) is 13.8 Å². The fourth-order valence-electron chi connectivity index (χ4n) is 0.784. The minimum atomic E-state index is -0.245. The van der Waals surface area contributed by atoms with Crippen molar-refractivity contribution in [3.8, 4) is 0 Å². The van der Waals surface area contributed by atoms with Crippen molar-refractivity contribution in [2.45, 2.75) is 27.2 Å². The normalized spacial score (nSPS) is 9.87. The Hall–Kier alpha value is -1.26. The molecule has 5 nitrogen and oxygen atoms in total. The lowest BCUT2D eigenvalue weighted by atomic mass is 10.2. The number of urea groups is 1. The molecular weight excluding hydrogens is 196 g/mol. The standard InChI is InChI=1S/C10H20N2O3/c1-4-5-11-10(14)12-6-7-15-9(13)8(2)3/h8H,4-7H2,1-3H3,(H2,11,12,14). The zero-order valence-corrected chi connectivity index (χ0v) is 9.63. The number of nitrogens with one attached hydrogen (secondary N) is 2. The van der Waals surface area contributed by atoms with E-state index in [1.165, 1.54) is 0 Å². The summed E-state index contributed by atoms with van der Waals surface area (Å²) < 4.78 is 4.88. The zero-order valence-electron chi connectivity index (χ0n) is 9.63. The summed E-state index contributed by atoms with van der Waals surface area (Å²) >= 11 is 0. The average molecular weight is 216 g/mol. The molecule has 0 fully saturated rings. The summed E-state index contributed by atoms with van der Waals surface area (Å²) in [6, 6.07) is -0.225. The summed E-state index contributed by atoms with van der Waals surface area (Å²) in [5.41, 5.74) is 0. The molecule has 0 aromatic carbocycles. The molecule has 0 radical (unpaired) electrons. The van der Waals surface area contributed by atoms with E-state index in [0.717, 1.165) is 6.42 Å². The van der Waals surface area contributed by atoms with Gasteiger partial charge < -0.3 is 15.4 Å². The second-order valence-electron chi connectivity index (χ2n) is 3.50. The first-order valence-corrected chi connectivity index (χ1v) is 5.26. The molecule has 0 rings (SSSR count). The molecular formula is C10H20N2O3. The molecule has 0 unspecified atom stereocenters. The number of carbonyl (C=O) groups is 2. The van der Waals surface area contributed by atoms with E-state index in [4.69, 9.17) is 4.74 Å². The number of esters is 1. The monoisotopic (exact) mass is 216 g/mol. The van der Waals surface area contributed by atoms with Gasteiger partial charge in [0, 0.05) is 6.54 Å². The molecule has 0 spiro atoms. The minimum Gasteiger partial charge on any atom is -0.464 e. The molecule has 15 heavy (non-hydrogen) atoms. The first kappa shape index (κ1) is 13.7. The first-order valence-electron chi connectivity index (χ1n) is 5.26. The van der Waals surface area contributed by atoms with Gasteiger partial charge in [0.05, 0.1) is 12.5 Å². The Morgan fingerprint density at radius 3 is 2.33 bits per heavy atom. The largest absolute Gasteiger partial charge is 0.464 e. The number of ether oxygens (including phenoxy) is 1. The fourth-order valence-corrected chi connectivity index (χ4v) is 0.784. The number of hydrogen-bond donors (Lipinski definition) is 2. The lowest BCUT2D eigenvalue weighted by Gasteiger charge is -2.08. The molecule has 0 aliphatic heterocycles. The Labute approximate surface area is 90.6 Å². The van der Waals surface area contributed by atoms with Gasteiger partial charge in [-0.1, -0.05) is 20.8 Å². The Balaban J connectivity index is 3.38. The van der Waals surface area contributed by atoms with Gasteiger partial charge in [-0.15, -0.1) is 0 Å². The van der Waals surface area contributed by atoms with Crippen LogP contribution in [0.25, 0.3) is 0 Å². The first-order chi connectivity index (χ1) is 7.07. The number of rotatable bonds is 6. The molecule has 2 amide bonds. The molecule has 0 bridgehead atoms. The van der Waals surface area contributed by atoms with Crippen molar-refractivity contribution < 1.29 is 14.3 Å². The quantitative estimate of drug-likeness (QED) is 0.512. The molecule has 5 heteroatoms. The zero-order chi connectivity index (χ0) is 11.7. The molecule has 0 atom stereocenters.